The zero-order chi connectivity index (χ0) is 19.0. The molecule has 3 aromatic rings. The Kier molecular flexibility index (Phi) is 4.15. The summed E-state index contributed by atoms with van der Waals surface area (Å²) in [6, 6.07) is 10.0. The predicted octanol–water partition coefficient (Wildman–Crippen LogP) is 4.38. The molecule has 0 saturated heterocycles. The number of rotatable bonds is 4. The van der Waals surface area contributed by atoms with Crippen molar-refractivity contribution in [2.45, 2.75) is 25.4 Å². The first-order valence-electron chi connectivity index (χ1n) is 8.43. The van der Waals surface area contributed by atoms with E-state index in [0.29, 0.717) is 28.4 Å². The zero-order valence-corrected chi connectivity index (χ0v) is 14.1. The summed E-state index contributed by atoms with van der Waals surface area (Å²) in [4.78, 5) is 3.99. The van der Waals surface area contributed by atoms with Gasteiger partial charge in [-0.25, -0.2) is 5.10 Å². The fraction of sp³-hybridized carbons (Fsp3) is 0.263. The summed E-state index contributed by atoms with van der Waals surface area (Å²) in [6.45, 7) is 0. The van der Waals surface area contributed by atoms with Crippen LogP contribution in [0.4, 0.5) is 13.2 Å². The van der Waals surface area contributed by atoms with Gasteiger partial charge < -0.3 is 0 Å². The monoisotopic (exact) mass is 369 g/mol. The summed E-state index contributed by atoms with van der Waals surface area (Å²) in [6.07, 6.45) is -0.371. The number of H-pyrrole nitrogens is 1. The van der Waals surface area contributed by atoms with E-state index in [4.69, 9.17) is 0 Å². The number of nitrogens with zero attached hydrogens (tertiary/aromatic N) is 4. The van der Waals surface area contributed by atoms with Gasteiger partial charge in [-0.2, -0.15) is 18.4 Å². The first-order chi connectivity index (χ1) is 12.9. The molecule has 1 aliphatic rings. The number of aromatic amines is 1. The summed E-state index contributed by atoms with van der Waals surface area (Å²) >= 11 is 0. The fourth-order valence-corrected chi connectivity index (χ4v) is 2.99. The highest BCUT2D eigenvalue weighted by atomic mass is 19.4. The minimum Gasteiger partial charge on any atom is -0.256 e. The zero-order valence-electron chi connectivity index (χ0n) is 14.1. The van der Waals surface area contributed by atoms with E-state index in [1.54, 1.807) is 6.07 Å². The van der Waals surface area contributed by atoms with Crippen LogP contribution in [0.15, 0.2) is 36.5 Å². The number of nitrogens with one attached hydrogen (secondary N) is 1. The molecule has 4 rings (SSSR count). The highest BCUT2D eigenvalue weighted by molar-refractivity contribution is 5.73. The van der Waals surface area contributed by atoms with Gasteiger partial charge in [0, 0.05) is 17.3 Å². The molecule has 0 unspecified atom stereocenters. The maximum atomic E-state index is 12.8. The number of aromatic nitrogens is 4. The molecule has 1 fully saturated rings. The molecule has 0 aliphatic heterocycles. The lowest BCUT2D eigenvalue weighted by Gasteiger charge is -2.10. The van der Waals surface area contributed by atoms with Crippen LogP contribution in [0, 0.1) is 17.2 Å². The number of nitriles is 1. The molecule has 136 valence electrons. The topological polar surface area (TPSA) is 78.2 Å². The van der Waals surface area contributed by atoms with Crippen LogP contribution < -0.4 is 0 Å². The van der Waals surface area contributed by atoms with Crippen molar-refractivity contribution in [1.29, 1.82) is 5.26 Å². The van der Waals surface area contributed by atoms with Crippen LogP contribution in [0.3, 0.4) is 0 Å². The summed E-state index contributed by atoms with van der Waals surface area (Å²) in [7, 11) is 0. The Morgan fingerprint density at radius 3 is 2.56 bits per heavy atom. The molecular formula is C19H14F3N5. The van der Waals surface area contributed by atoms with Crippen LogP contribution >= 0.6 is 0 Å². The Bertz CT molecular complexity index is 1010. The van der Waals surface area contributed by atoms with Crippen LogP contribution in [-0.4, -0.2) is 20.4 Å². The van der Waals surface area contributed by atoms with Crippen molar-refractivity contribution in [1.82, 2.24) is 20.4 Å². The number of hydrogen-bond donors (Lipinski definition) is 1. The van der Waals surface area contributed by atoms with Gasteiger partial charge in [0.05, 0.1) is 11.3 Å². The van der Waals surface area contributed by atoms with Crippen LogP contribution in [0.5, 0.6) is 0 Å². The van der Waals surface area contributed by atoms with E-state index in [1.807, 2.05) is 18.2 Å². The van der Waals surface area contributed by atoms with Crippen molar-refractivity contribution in [3.63, 3.8) is 0 Å². The molecule has 8 heteroatoms. The third-order valence-electron chi connectivity index (χ3n) is 4.53. The highest BCUT2D eigenvalue weighted by Gasteiger charge is 2.30. The van der Waals surface area contributed by atoms with Crippen molar-refractivity contribution in [2.75, 3.05) is 0 Å². The third kappa shape index (κ3) is 3.67. The number of benzene rings is 1. The van der Waals surface area contributed by atoms with Gasteiger partial charge in [-0.05, 0) is 61.1 Å². The van der Waals surface area contributed by atoms with Gasteiger partial charge in [0.1, 0.15) is 11.8 Å². The molecule has 5 nitrogen and oxygen atoms in total. The SMILES string of the molecule is N#Cc1[nH]nnc1-c1cc(CC2CC2)cc(-c2ccc(C(F)(F)F)cn2)c1. The largest absolute Gasteiger partial charge is 0.417 e. The van der Waals surface area contributed by atoms with E-state index >= 15 is 0 Å². The molecule has 0 amide bonds. The van der Waals surface area contributed by atoms with Gasteiger partial charge in [0.15, 0.2) is 5.69 Å². The molecule has 1 aliphatic carbocycles. The van der Waals surface area contributed by atoms with E-state index in [9.17, 15) is 18.4 Å². The first-order valence-corrected chi connectivity index (χ1v) is 8.43. The molecule has 1 N–H and O–H groups in total. The molecule has 0 atom stereocenters. The van der Waals surface area contributed by atoms with Crippen molar-refractivity contribution < 1.29 is 13.2 Å². The lowest BCUT2D eigenvalue weighted by atomic mass is 9.97. The molecule has 0 radical (unpaired) electrons. The second-order valence-corrected chi connectivity index (χ2v) is 6.64. The van der Waals surface area contributed by atoms with Crippen LogP contribution in [0.25, 0.3) is 22.5 Å². The van der Waals surface area contributed by atoms with Crippen LogP contribution in [0.2, 0.25) is 0 Å². The van der Waals surface area contributed by atoms with E-state index in [2.05, 4.69) is 20.4 Å². The molecule has 0 bridgehead atoms. The normalized spacial score (nSPS) is 14.1. The average molecular weight is 369 g/mol. The first kappa shape index (κ1) is 17.2. The predicted molar refractivity (Wildman–Crippen MR) is 91.2 cm³/mol. The standard InChI is InChI=1S/C19H14F3N5/c20-19(21,22)15-3-4-16(24-10-15)13-6-12(5-11-1-2-11)7-14(8-13)18-17(9-23)25-27-26-18/h3-4,6-8,10-11H,1-2,5H2,(H,25,26,27). The second-order valence-electron chi connectivity index (χ2n) is 6.64. The minimum atomic E-state index is -4.42. The van der Waals surface area contributed by atoms with Gasteiger partial charge in [-0.1, -0.05) is 5.21 Å². The maximum absolute atomic E-state index is 12.8. The van der Waals surface area contributed by atoms with Crippen molar-refractivity contribution in [3.05, 3.63) is 53.3 Å². The van der Waals surface area contributed by atoms with Crippen molar-refractivity contribution in [2.24, 2.45) is 5.92 Å². The molecular weight excluding hydrogens is 355 g/mol. The lowest BCUT2D eigenvalue weighted by molar-refractivity contribution is -0.137. The molecule has 1 saturated carbocycles. The van der Waals surface area contributed by atoms with E-state index in [1.165, 1.54) is 18.9 Å². The smallest absolute Gasteiger partial charge is 0.256 e. The Balaban J connectivity index is 1.77. The van der Waals surface area contributed by atoms with E-state index < -0.39 is 11.7 Å². The van der Waals surface area contributed by atoms with Gasteiger partial charge in [0.25, 0.3) is 0 Å². The van der Waals surface area contributed by atoms with E-state index in [0.717, 1.165) is 24.2 Å². The third-order valence-corrected chi connectivity index (χ3v) is 4.53. The van der Waals surface area contributed by atoms with Gasteiger partial charge in [-0.15, -0.1) is 5.10 Å². The number of pyridine rings is 1. The molecule has 1 aromatic carbocycles. The quantitative estimate of drug-likeness (QED) is 0.740. The minimum absolute atomic E-state index is 0.241. The van der Waals surface area contributed by atoms with Crippen molar-refractivity contribution >= 4 is 0 Å². The molecule has 0 spiro atoms. The van der Waals surface area contributed by atoms with Gasteiger partial charge in [-0.3, -0.25) is 4.98 Å². The van der Waals surface area contributed by atoms with Crippen LogP contribution in [0.1, 0.15) is 29.7 Å². The van der Waals surface area contributed by atoms with Gasteiger partial charge >= 0.3 is 6.18 Å². The highest BCUT2D eigenvalue weighted by Crippen LogP contribution is 2.36. The Hall–Kier alpha value is -3.21. The molecule has 27 heavy (non-hydrogen) atoms. The number of halogens is 3. The van der Waals surface area contributed by atoms with Crippen LogP contribution in [-0.2, 0) is 12.6 Å². The Morgan fingerprint density at radius 1 is 1.15 bits per heavy atom. The Morgan fingerprint density at radius 2 is 1.93 bits per heavy atom. The second kappa shape index (κ2) is 6.50. The average Bonchev–Trinajstić information content (AvgIpc) is 3.33. The van der Waals surface area contributed by atoms with Gasteiger partial charge in [0.2, 0.25) is 0 Å². The molecule has 2 aromatic heterocycles. The van der Waals surface area contributed by atoms with E-state index in [-0.39, 0.29) is 5.69 Å². The summed E-state index contributed by atoms with van der Waals surface area (Å²) < 4.78 is 38.3. The summed E-state index contributed by atoms with van der Waals surface area (Å²) in [5.41, 5.74) is 2.72. The fourth-order valence-electron chi connectivity index (χ4n) is 2.99. The number of hydrogen-bond acceptors (Lipinski definition) is 4. The Labute approximate surface area is 152 Å². The lowest BCUT2D eigenvalue weighted by Crippen LogP contribution is -2.05. The summed E-state index contributed by atoms with van der Waals surface area (Å²) in [5.74, 6) is 0.626. The maximum Gasteiger partial charge on any atom is 0.417 e. The van der Waals surface area contributed by atoms with Crippen molar-refractivity contribution in [3.8, 4) is 28.6 Å². The molecule has 2 heterocycles. The number of alkyl halides is 3. The summed E-state index contributed by atoms with van der Waals surface area (Å²) in [5, 5.41) is 19.4.